The SMILES string of the molecule is O=c1cc2c(nn1C1CCC(NCC3(O)CCC3)CC1)CCCC2. The van der Waals surface area contributed by atoms with E-state index in [1.165, 1.54) is 18.4 Å². The Kier molecular flexibility index (Phi) is 4.48. The van der Waals surface area contributed by atoms with Gasteiger partial charge in [-0.25, -0.2) is 4.68 Å². The summed E-state index contributed by atoms with van der Waals surface area (Å²) in [5, 5.41) is 18.5. The minimum atomic E-state index is -0.451. The molecule has 3 aliphatic rings. The Morgan fingerprint density at radius 2 is 1.92 bits per heavy atom. The fourth-order valence-electron chi connectivity index (χ4n) is 4.46. The molecule has 24 heavy (non-hydrogen) atoms. The molecule has 0 saturated heterocycles. The molecule has 0 amide bonds. The number of aromatic nitrogens is 2. The summed E-state index contributed by atoms with van der Waals surface area (Å²) in [5.41, 5.74) is 1.95. The molecule has 1 aromatic heterocycles. The van der Waals surface area contributed by atoms with Crippen molar-refractivity contribution in [1.82, 2.24) is 15.1 Å². The molecule has 2 saturated carbocycles. The number of aliphatic hydroxyl groups is 1. The summed E-state index contributed by atoms with van der Waals surface area (Å²) < 4.78 is 1.76. The molecule has 1 heterocycles. The fraction of sp³-hybridized carbons (Fsp3) is 0.789. The molecule has 0 unspecified atom stereocenters. The number of rotatable bonds is 4. The molecule has 2 N–H and O–H groups in total. The van der Waals surface area contributed by atoms with Crippen LogP contribution in [-0.2, 0) is 12.8 Å². The highest BCUT2D eigenvalue weighted by Gasteiger charge is 2.35. The van der Waals surface area contributed by atoms with E-state index >= 15 is 0 Å². The maximum atomic E-state index is 12.4. The van der Waals surface area contributed by atoms with Gasteiger partial charge < -0.3 is 10.4 Å². The Labute approximate surface area is 143 Å². The third-order valence-electron chi connectivity index (χ3n) is 6.28. The fourth-order valence-corrected chi connectivity index (χ4v) is 4.46. The maximum absolute atomic E-state index is 12.4. The monoisotopic (exact) mass is 331 g/mol. The zero-order valence-corrected chi connectivity index (χ0v) is 14.5. The van der Waals surface area contributed by atoms with Gasteiger partial charge >= 0.3 is 0 Å². The number of nitrogens with zero attached hydrogens (tertiary/aromatic N) is 2. The third-order valence-corrected chi connectivity index (χ3v) is 6.28. The molecule has 0 bridgehead atoms. The molecular formula is C19H29N3O2. The summed E-state index contributed by atoms with van der Waals surface area (Å²) in [4.78, 5) is 12.4. The van der Waals surface area contributed by atoms with Crippen molar-refractivity contribution in [3.8, 4) is 0 Å². The summed E-state index contributed by atoms with van der Waals surface area (Å²) in [6.07, 6.45) is 11.6. The molecule has 0 radical (unpaired) electrons. The average Bonchev–Trinajstić information content (AvgIpc) is 2.58. The zero-order chi connectivity index (χ0) is 16.6. The van der Waals surface area contributed by atoms with Crippen molar-refractivity contribution < 1.29 is 5.11 Å². The van der Waals surface area contributed by atoms with Crippen molar-refractivity contribution in [3.63, 3.8) is 0 Å². The minimum Gasteiger partial charge on any atom is -0.389 e. The molecule has 1 aromatic rings. The average molecular weight is 331 g/mol. The second-order valence-electron chi connectivity index (χ2n) is 8.07. The van der Waals surface area contributed by atoms with E-state index in [1.54, 1.807) is 4.68 Å². The van der Waals surface area contributed by atoms with Crippen molar-refractivity contribution in [1.29, 1.82) is 0 Å². The van der Waals surface area contributed by atoms with E-state index in [-0.39, 0.29) is 11.6 Å². The minimum absolute atomic E-state index is 0.0795. The largest absolute Gasteiger partial charge is 0.389 e. The van der Waals surface area contributed by atoms with Crippen molar-refractivity contribution >= 4 is 0 Å². The van der Waals surface area contributed by atoms with Gasteiger partial charge in [0.1, 0.15) is 0 Å². The van der Waals surface area contributed by atoms with Crippen LogP contribution in [0.1, 0.15) is 75.1 Å². The van der Waals surface area contributed by atoms with E-state index in [1.807, 2.05) is 6.07 Å². The first kappa shape index (κ1) is 16.3. The number of aryl methyl sites for hydroxylation is 2. The Morgan fingerprint density at radius 3 is 2.62 bits per heavy atom. The Balaban J connectivity index is 1.36. The van der Waals surface area contributed by atoms with Gasteiger partial charge in [-0.2, -0.15) is 5.10 Å². The molecule has 0 aromatic carbocycles. The zero-order valence-electron chi connectivity index (χ0n) is 14.5. The van der Waals surface area contributed by atoms with Crippen molar-refractivity contribution in [2.24, 2.45) is 0 Å². The normalized spacial score (nSPS) is 28.9. The van der Waals surface area contributed by atoms with Gasteiger partial charge in [0.15, 0.2) is 0 Å². The Bertz CT molecular complexity index is 643. The predicted molar refractivity (Wildman–Crippen MR) is 93.2 cm³/mol. The highest BCUT2D eigenvalue weighted by molar-refractivity contribution is 5.20. The third kappa shape index (κ3) is 3.29. The van der Waals surface area contributed by atoms with Gasteiger partial charge in [-0.3, -0.25) is 4.79 Å². The van der Waals surface area contributed by atoms with Crippen molar-refractivity contribution in [2.75, 3.05) is 6.54 Å². The Morgan fingerprint density at radius 1 is 1.17 bits per heavy atom. The van der Waals surface area contributed by atoms with E-state index in [0.717, 1.165) is 70.0 Å². The van der Waals surface area contributed by atoms with Gasteiger partial charge in [-0.1, -0.05) is 0 Å². The van der Waals surface area contributed by atoms with Crippen LogP contribution in [0.25, 0.3) is 0 Å². The van der Waals surface area contributed by atoms with Crippen molar-refractivity contribution in [2.45, 2.75) is 88.3 Å². The molecule has 5 heteroatoms. The van der Waals surface area contributed by atoms with Gasteiger partial charge in [0.05, 0.1) is 17.3 Å². The highest BCUT2D eigenvalue weighted by atomic mass is 16.3. The lowest BCUT2D eigenvalue weighted by molar-refractivity contribution is -0.0342. The van der Waals surface area contributed by atoms with Crippen LogP contribution in [0.15, 0.2) is 10.9 Å². The second kappa shape index (κ2) is 6.60. The Hall–Kier alpha value is -1.20. The maximum Gasteiger partial charge on any atom is 0.267 e. The smallest absolute Gasteiger partial charge is 0.267 e. The molecule has 132 valence electrons. The van der Waals surface area contributed by atoms with Gasteiger partial charge in [0, 0.05) is 18.7 Å². The molecule has 4 rings (SSSR count). The molecule has 2 fully saturated rings. The first-order valence-electron chi connectivity index (χ1n) is 9.70. The van der Waals surface area contributed by atoms with E-state index in [9.17, 15) is 9.90 Å². The summed E-state index contributed by atoms with van der Waals surface area (Å²) in [5.74, 6) is 0. The quantitative estimate of drug-likeness (QED) is 0.887. The van der Waals surface area contributed by atoms with Gasteiger partial charge in [-0.05, 0) is 76.2 Å². The van der Waals surface area contributed by atoms with E-state index in [0.29, 0.717) is 6.04 Å². The number of fused-ring (bicyclic) bond motifs is 1. The lowest BCUT2D eigenvalue weighted by Crippen LogP contribution is -2.49. The van der Waals surface area contributed by atoms with Crippen LogP contribution in [0, 0.1) is 0 Å². The molecule has 0 spiro atoms. The lowest BCUT2D eigenvalue weighted by atomic mass is 9.80. The number of nitrogens with one attached hydrogen (secondary N) is 1. The van der Waals surface area contributed by atoms with Crippen LogP contribution in [-0.4, -0.2) is 33.1 Å². The van der Waals surface area contributed by atoms with Crippen molar-refractivity contribution in [3.05, 3.63) is 27.7 Å². The topological polar surface area (TPSA) is 67.2 Å². The first-order chi connectivity index (χ1) is 11.6. The summed E-state index contributed by atoms with van der Waals surface area (Å²) in [7, 11) is 0. The predicted octanol–water partition coefficient (Wildman–Crippen LogP) is 2.11. The van der Waals surface area contributed by atoms with Crippen LogP contribution in [0.3, 0.4) is 0 Å². The summed E-state index contributed by atoms with van der Waals surface area (Å²) in [6, 6.07) is 2.55. The van der Waals surface area contributed by atoms with Gasteiger partial charge in [-0.15, -0.1) is 0 Å². The van der Waals surface area contributed by atoms with Gasteiger partial charge in [0.2, 0.25) is 0 Å². The van der Waals surface area contributed by atoms with Crippen LogP contribution < -0.4 is 10.9 Å². The molecule has 0 atom stereocenters. The van der Waals surface area contributed by atoms with Crippen LogP contribution in [0.5, 0.6) is 0 Å². The van der Waals surface area contributed by atoms with Gasteiger partial charge in [0.25, 0.3) is 5.56 Å². The summed E-state index contributed by atoms with van der Waals surface area (Å²) in [6.45, 7) is 0.722. The molecular weight excluding hydrogens is 302 g/mol. The number of hydrogen-bond donors (Lipinski definition) is 2. The van der Waals surface area contributed by atoms with E-state index in [4.69, 9.17) is 5.10 Å². The van der Waals surface area contributed by atoms with E-state index < -0.39 is 5.60 Å². The van der Waals surface area contributed by atoms with Crippen LogP contribution in [0.4, 0.5) is 0 Å². The van der Waals surface area contributed by atoms with Crippen LogP contribution >= 0.6 is 0 Å². The van der Waals surface area contributed by atoms with Crippen LogP contribution in [0.2, 0.25) is 0 Å². The molecule has 5 nitrogen and oxygen atoms in total. The lowest BCUT2D eigenvalue weighted by Gasteiger charge is -2.39. The van der Waals surface area contributed by atoms with E-state index in [2.05, 4.69) is 5.32 Å². The standard InChI is InChI=1S/C19H29N3O2/c23-18-12-14-4-1-2-5-17(14)21-22(18)16-8-6-15(7-9-16)20-13-19(24)10-3-11-19/h12,15-16,20,24H,1-11,13H2. The molecule has 0 aliphatic heterocycles. The molecule has 3 aliphatic carbocycles. The second-order valence-corrected chi connectivity index (χ2v) is 8.07. The summed E-state index contributed by atoms with van der Waals surface area (Å²) >= 11 is 0. The first-order valence-corrected chi connectivity index (χ1v) is 9.70. The highest BCUT2D eigenvalue weighted by Crippen LogP contribution is 2.32. The number of hydrogen-bond acceptors (Lipinski definition) is 4.